The summed E-state index contributed by atoms with van der Waals surface area (Å²) in [5.41, 5.74) is 5.52. The summed E-state index contributed by atoms with van der Waals surface area (Å²) >= 11 is 0. The molecule has 1 fully saturated rings. The van der Waals surface area contributed by atoms with Gasteiger partial charge >= 0.3 is 0 Å². The van der Waals surface area contributed by atoms with Crippen molar-refractivity contribution in [2.75, 3.05) is 26.2 Å². The third kappa shape index (κ3) is 4.71. The lowest BCUT2D eigenvalue weighted by molar-refractivity contribution is 0.212. The van der Waals surface area contributed by atoms with Crippen LogP contribution in [0.4, 0.5) is 0 Å². The fraction of sp³-hybridized carbons (Fsp3) is 0.538. The Morgan fingerprint density at radius 2 is 1.80 bits per heavy atom. The Bertz CT molecular complexity index is 488. The first-order chi connectivity index (χ1) is 9.12. The molecule has 1 aliphatic heterocycles. The Morgan fingerprint density at radius 1 is 1.20 bits per heavy atom. The Labute approximate surface area is 127 Å². The Morgan fingerprint density at radius 3 is 2.35 bits per heavy atom. The second-order valence-electron chi connectivity index (χ2n) is 4.84. The van der Waals surface area contributed by atoms with Crippen molar-refractivity contribution in [1.29, 1.82) is 0 Å². The highest BCUT2D eigenvalue weighted by molar-refractivity contribution is 7.89. The van der Waals surface area contributed by atoms with Crippen LogP contribution >= 0.6 is 12.4 Å². The number of nitrogens with one attached hydrogen (secondary N) is 1. The van der Waals surface area contributed by atoms with Crippen LogP contribution in [0.5, 0.6) is 0 Å². The molecule has 0 unspecified atom stereocenters. The molecule has 5 nitrogen and oxygen atoms in total. The number of halogens is 1. The molecule has 0 radical (unpaired) electrons. The van der Waals surface area contributed by atoms with Crippen molar-refractivity contribution in [3.05, 3.63) is 30.3 Å². The lowest BCUT2D eigenvalue weighted by Gasteiger charge is -2.31. The fourth-order valence-electron chi connectivity index (χ4n) is 2.34. The molecule has 1 aliphatic rings. The number of hydrogen-bond donors (Lipinski definition) is 2. The van der Waals surface area contributed by atoms with Gasteiger partial charge in [-0.3, -0.25) is 0 Å². The molecule has 1 heterocycles. The van der Waals surface area contributed by atoms with Gasteiger partial charge in [0.2, 0.25) is 10.0 Å². The van der Waals surface area contributed by atoms with Crippen molar-refractivity contribution in [2.45, 2.75) is 23.8 Å². The minimum atomic E-state index is -3.38. The molecule has 0 aromatic heterocycles. The molecule has 7 heteroatoms. The van der Waals surface area contributed by atoms with Gasteiger partial charge in [-0.1, -0.05) is 18.2 Å². The summed E-state index contributed by atoms with van der Waals surface area (Å²) < 4.78 is 27.1. The van der Waals surface area contributed by atoms with Crippen LogP contribution < -0.4 is 10.5 Å². The summed E-state index contributed by atoms with van der Waals surface area (Å²) in [5, 5.41) is 0. The zero-order valence-electron chi connectivity index (χ0n) is 11.4. The molecule has 0 atom stereocenters. The largest absolute Gasteiger partial charge is 0.329 e. The van der Waals surface area contributed by atoms with Gasteiger partial charge in [0.15, 0.2) is 0 Å². The van der Waals surface area contributed by atoms with Gasteiger partial charge in [-0.05, 0) is 38.1 Å². The Hall–Kier alpha value is -0.660. The third-order valence-corrected chi connectivity index (χ3v) is 4.94. The van der Waals surface area contributed by atoms with E-state index in [4.69, 9.17) is 5.73 Å². The Kier molecular flexibility index (Phi) is 6.91. The van der Waals surface area contributed by atoms with Crippen LogP contribution in [0.15, 0.2) is 35.2 Å². The molecule has 0 spiro atoms. The van der Waals surface area contributed by atoms with E-state index in [1.165, 1.54) is 0 Å². The number of sulfonamides is 1. The number of nitrogens with two attached hydrogens (primary N) is 1. The van der Waals surface area contributed by atoms with Crippen LogP contribution in [-0.2, 0) is 10.0 Å². The SMILES string of the molecule is Cl.NCCN1CCC(NS(=O)(=O)c2ccccc2)CC1. The standard InChI is InChI=1S/C13H21N3O2S.ClH/c14-8-11-16-9-6-12(7-10-16)15-19(17,18)13-4-2-1-3-5-13;/h1-5,12,15H,6-11,14H2;1H. The molecular formula is C13H22ClN3O2S. The normalized spacial score (nSPS) is 17.6. The van der Waals surface area contributed by atoms with E-state index >= 15 is 0 Å². The number of nitrogens with zero attached hydrogens (tertiary/aromatic N) is 1. The first-order valence-electron chi connectivity index (χ1n) is 6.61. The summed E-state index contributed by atoms with van der Waals surface area (Å²) in [6.07, 6.45) is 1.68. The first kappa shape index (κ1) is 17.4. The maximum Gasteiger partial charge on any atom is 0.240 e. The van der Waals surface area contributed by atoms with Gasteiger partial charge in [0, 0.05) is 19.1 Å². The van der Waals surface area contributed by atoms with Gasteiger partial charge in [-0.15, -0.1) is 12.4 Å². The molecule has 0 bridgehead atoms. The second-order valence-corrected chi connectivity index (χ2v) is 6.55. The van der Waals surface area contributed by atoms with Gasteiger partial charge < -0.3 is 10.6 Å². The van der Waals surface area contributed by atoms with Crippen LogP contribution in [0.1, 0.15) is 12.8 Å². The fourth-order valence-corrected chi connectivity index (χ4v) is 3.67. The molecular weight excluding hydrogens is 298 g/mol. The molecule has 1 saturated heterocycles. The zero-order valence-corrected chi connectivity index (χ0v) is 13.0. The van der Waals surface area contributed by atoms with Crippen molar-refractivity contribution in [2.24, 2.45) is 5.73 Å². The molecule has 0 aliphatic carbocycles. The van der Waals surface area contributed by atoms with E-state index in [0.717, 1.165) is 32.5 Å². The minimum absolute atomic E-state index is 0. The average Bonchev–Trinajstić information content (AvgIpc) is 2.42. The van der Waals surface area contributed by atoms with Crippen molar-refractivity contribution in [1.82, 2.24) is 9.62 Å². The first-order valence-corrected chi connectivity index (χ1v) is 8.10. The monoisotopic (exact) mass is 319 g/mol. The quantitative estimate of drug-likeness (QED) is 0.842. The number of hydrogen-bond acceptors (Lipinski definition) is 4. The maximum atomic E-state index is 12.2. The zero-order chi connectivity index (χ0) is 13.7. The van der Waals surface area contributed by atoms with Gasteiger partial charge in [0.25, 0.3) is 0 Å². The smallest absolute Gasteiger partial charge is 0.240 e. The highest BCUT2D eigenvalue weighted by Gasteiger charge is 2.23. The highest BCUT2D eigenvalue weighted by atomic mass is 35.5. The van der Waals surface area contributed by atoms with E-state index in [-0.39, 0.29) is 18.4 Å². The molecule has 0 saturated carbocycles. The summed E-state index contributed by atoms with van der Waals surface area (Å²) in [7, 11) is -3.38. The molecule has 1 aromatic carbocycles. The third-order valence-electron chi connectivity index (χ3n) is 3.41. The Balaban J connectivity index is 0.00000200. The van der Waals surface area contributed by atoms with Crippen LogP contribution in [-0.4, -0.2) is 45.5 Å². The predicted octanol–water partition coefficient (Wildman–Crippen LogP) is 0.810. The van der Waals surface area contributed by atoms with E-state index in [1.807, 2.05) is 6.07 Å². The van der Waals surface area contributed by atoms with Crippen LogP contribution in [0.2, 0.25) is 0 Å². The number of piperidine rings is 1. The highest BCUT2D eigenvalue weighted by Crippen LogP contribution is 2.14. The van der Waals surface area contributed by atoms with Crippen molar-refractivity contribution in [3.63, 3.8) is 0 Å². The van der Waals surface area contributed by atoms with Gasteiger partial charge in [0.05, 0.1) is 4.90 Å². The van der Waals surface area contributed by atoms with Crippen LogP contribution in [0.25, 0.3) is 0 Å². The van der Waals surface area contributed by atoms with Crippen LogP contribution in [0.3, 0.4) is 0 Å². The molecule has 3 N–H and O–H groups in total. The summed E-state index contributed by atoms with van der Waals surface area (Å²) in [4.78, 5) is 2.60. The average molecular weight is 320 g/mol. The van der Waals surface area contributed by atoms with E-state index in [9.17, 15) is 8.42 Å². The topological polar surface area (TPSA) is 75.4 Å². The number of benzene rings is 1. The minimum Gasteiger partial charge on any atom is -0.329 e. The maximum absolute atomic E-state index is 12.2. The predicted molar refractivity (Wildman–Crippen MR) is 82.5 cm³/mol. The van der Waals surface area contributed by atoms with Gasteiger partial charge in [-0.25, -0.2) is 13.1 Å². The van der Waals surface area contributed by atoms with Crippen molar-refractivity contribution >= 4 is 22.4 Å². The number of rotatable bonds is 5. The van der Waals surface area contributed by atoms with E-state index in [1.54, 1.807) is 24.3 Å². The molecule has 114 valence electrons. The summed E-state index contributed by atoms with van der Waals surface area (Å²) in [6.45, 7) is 3.34. The lowest BCUT2D eigenvalue weighted by Crippen LogP contribution is -2.45. The van der Waals surface area contributed by atoms with E-state index < -0.39 is 10.0 Å². The van der Waals surface area contributed by atoms with Crippen molar-refractivity contribution in [3.8, 4) is 0 Å². The second kappa shape index (κ2) is 7.95. The van der Waals surface area contributed by atoms with E-state index in [2.05, 4.69) is 9.62 Å². The number of likely N-dealkylation sites (tertiary alicyclic amines) is 1. The molecule has 0 amide bonds. The lowest BCUT2D eigenvalue weighted by atomic mass is 10.1. The molecule has 20 heavy (non-hydrogen) atoms. The van der Waals surface area contributed by atoms with Gasteiger partial charge in [-0.2, -0.15) is 0 Å². The summed E-state index contributed by atoms with van der Waals surface area (Å²) in [6, 6.07) is 8.54. The van der Waals surface area contributed by atoms with Gasteiger partial charge in [0.1, 0.15) is 0 Å². The molecule has 2 rings (SSSR count). The molecule has 1 aromatic rings. The van der Waals surface area contributed by atoms with Crippen molar-refractivity contribution < 1.29 is 8.42 Å². The summed E-state index contributed by atoms with van der Waals surface area (Å²) in [5.74, 6) is 0. The van der Waals surface area contributed by atoms with Crippen LogP contribution in [0, 0.1) is 0 Å². The van der Waals surface area contributed by atoms with E-state index in [0.29, 0.717) is 11.4 Å².